The van der Waals surface area contributed by atoms with E-state index in [-0.39, 0.29) is 0 Å². The standard InChI is InChI=1S/C37H26N2/c1-3-13-26(14-4-1)37(27-23-24-34-30(25-27)29-17-7-10-20-33(29)38-34)31-18-8-11-21-35(31)39(28-15-5-2-6-16-28)36-22-12-9-19-32(36)37/h1-25,38H. The number of para-hydroxylation sites is 4. The van der Waals surface area contributed by atoms with E-state index in [1.807, 2.05) is 0 Å². The van der Waals surface area contributed by atoms with Gasteiger partial charge >= 0.3 is 0 Å². The zero-order valence-electron chi connectivity index (χ0n) is 21.4. The molecule has 0 amide bonds. The van der Waals surface area contributed by atoms with Crippen LogP contribution in [0.25, 0.3) is 21.8 Å². The molecule has 0 bridgehead atoms. The molecule has 7 aromatic rings. The molecule has 0 radical (unpaired) electrons. The summed E-state index contributed by atoms with van der Waals surface area (Å²) in [5.41, 5.74) is 10.5. The molecule has 184 valence electrons. The second kappa shape index (κ2) is 8.47. The molecular formula is C37H26N2. The third-order valence-corrected chi connectivity index (χ3v) is 8.26. The maximum Gasteiger partial charge on any atom is 0.0742 e. The maximum absolute atomic E-state index is 3.62. The molecule has 0 aliphatic carbocycles. The van der Waals surface area contributed by atoms with Crippen LogP contribution in [0.4, 0.5) is 17.1 Å². The molecule has 2 nitrogen and oxygen atoms in total. The summed E-state index contributed by atoms with van der Waals surface area (Å²) in [6.45, 7) is 0. The van der Waals surface area contributed by atoms with Crippen LogP contribution in [-0.4, -0.2) is 4.98 Å². The average molecular weight is 499 g/mol. The first-order valence-electron chi connectivity index (χ1n) is 13.5. The monoisotopic (exact) mass is 498 g/mol. The van der Waals surface area contributed by atoms with E-state index in [0.29, 0.717) is 0 Å². The highest BCUT2D eigenvalue weighted by molar-refractivity contribution is 6.07. The molecule has 1 N–H and O–H groups in total. The lowest BCUT2D eigenvalue weighted by atomic mass is 9.62. The first kappa shape index (κ1) is 22.0. The molecule has 0 saturated carbocycles. The lowest BCUT2D eigenvalue weighted by molar-refractivity contribution is 0.732. The topological polar surface area (TPSA) is 19.0 Å². The lowest BCUT2D eigenvalue weighted by Crippen LogP contribution is -2.37. The number of aromatic amines is 1. The molecule has 2 heterocycles. The first-order valence-corrected chi connectivity index (χ1v) is 13.5. The first-order chi connectivity index (χ1) is 19.4. The highest BCUT2D eigenvalue weighted by Gasteiger charge is 2.46. The number of aromatic nitrogens is 1. The summed E-state index contributed by atoms with van der Waals surface area (Å²) in [6.07, 6.45) is 0. The Bertz CT molecular complexity index is 1920. The molecule has 1 aliphatic rings. The summed E-state index contributed by atoms with van der Waals surface area (Å²) in [5.74, 6) is 0. The number of rotatable bonds is 3. The van der Waals surface area contributed by atoms with Gasteiger partial charge in [-0.15, -0.1) is 0 Å². The predicted molar refractivity (Wildman–Crippen MR) is 162 cm³/mol. The molecule has 39 heavy (non-hydrogen) atoms. The van der Waals surface area contributed by atoms with Crippen molar-refractivity contribution in [2.75, 3.05) is 4.90 Å². The Labute approximate surface area is 227 Å². The number of fused-ring (bicyclic) bond motifs is 5. The molecule has 2 heteroatoms. The number of anilines is 3. The minimum Gasteiger partial charge on any atom is -0.355 e. The number of nitrogens with zero attached hydrogens (tertiary/aromatic N) is 1. The van der Waals surface area contributed by atoms with E-state index >= 15 is 0 Å². The van der Waals surface area contributed by atoms with Crippen LogP contribution in [0.3, 0.4) is 0 Å². The molecule has 0 atom stereocenters. The Morgan fingerprint density at radius 3 is 1.72 bits per heavy atom. The summed E-state index contributed by atoms with van der Waals surface area (Å²) in [4.78, 5) is 6.03. The van der Waals surface area contributed by atoms with Crippen LogP contribution in [-0.2, 0) is 5.41 Å². The molecule has 0 saturated heterocycles. The van der Waals surface area contributed by atoms with Gasteiger partial charge < -0.3 is 9.88 Å². The van der Waals surface area contributed by atoms with Crippen molar-refractivity contribution in [1.82, 2.24) is 4.98 Å². The number of benzene rings is 6. The summed E-state index contributed by atoms with van der Waals surface area (Å²) in [6, 6.07) is 55.1. The van der Waals surface area contributed by atoms with E-state index in [1.54, 1.807) is 0 Å². The highest BCUT2D eigenvalue weighted by atomic mass is 15.2. The molecule has 1 aliphatic heterocycles. The fourth-order valence-electron chi connectivity index (χ4n) is 6.66. The molecular weight excluding hydrogens is 472 g/mol. The van der Waals surface area contributed by atoms with Gasteiger partial charge in [0.25, 0.3) is 0 Å². The average Bonchev–Trinajstić information content (AvgIpc) is 3.39. The summed E-state index contributed by atoms with van der Waals surface area (Å²) < 4.78 is 0. The molecule has 0 spiro atoms. The normalized spacial score (nSPS) is 13.8. The van der Waals surface area contributed by atoms with Gasteiger partial charge in [0, 0.05) is 27.5 Å². The van der Waals surface area contributed by atoms with Crippen molar-refractivity contribution in [2.45, 2.75) is 5.41 Å². The molecule has 6 aromatic carbocycles. The predicted octanol–water partition coefficient (Wildman–Crippen LogP) is 9.49. The summed E-state index contributed by atoms with van der Waals surface area (Å²) in [5, 5.41) is 2.50. The van der Waals surface area contributed by atoms with Gasteiger partial charge in [-0.2, -0.15) is 0 Å². The van der Waals surface area contributed by atoms with Gasteiger partial charge in [0.15, 0.2) is 0 Å². The van der Waals surface area contributed by atoms with Crippen molar-refractivity contribution < 1.29 is 0 Å². The van der Waals surface area contributed by atoms with Crippen molar-refractivity contribution in [2.24, 2.45) is 0 Å². The number of nitrogens with one attached hydrogen (secondary N) is 1. The second-order valence-corrected chi connectivity index (χ2v) is 10.3. The second-order valence-electron chi connectivity index (χ2n) is 10.3. The Kier molecular flexibility index (Phi) is 4.77. The van der Waals surface area contributed by atoms with Crippen LogP contribution in [0.15, 0.2) is 152 Å². The van der Waals surface area contributed by atoms with E-state index in [1.165, 1.54) is 44.4 Å². The fraction of sp³-hybridized carbons (Fsp3) is 0.0270. The van der Waals surface area contributed by atoms with Gasteiger partial charge in [-0.05, 0) is 64.7 Å². The van der Waals surface area contributed by atoms with Crippen LogP contribution in [0.2, 0.25) is 0 Å². The van der Waals surface area contributed by atoms with Crippen LogP contribution in [0.5, 0.6) is 0 Å². The quantitative estimate of drug-likeness (QED) is 0.257. The van der Waals surface area contributed by atoms with Crippen molar-refractivity contribution in [1.29, 1.82) is 0 Å². The third kappa shape index (κ3) is 3.09. The maximum atomic E-state index is 3.62. The Hall–Kier alpha value is -5.08. The van der Waals surface area contributed by atoms with Gasteiger partial charge in [-0.25, -0.2) is 0 Å². The zero-order chi connectivity index (χ0) is 25.8. The van der Waals surface area contributed by atoms with E-state index in [4.69, 9.17) is 0 Å². The summed E-state index contributed by atoms with van der Waals surface area (Å²) >= 11 is 0. The van der Waals surface area contributed by atoms with Gasteiger partial charge in [-0.3, -0.25) is 0 Å². The minimum atomic E-state index is -0.494. The van der Waals surface area contributed by atoms with Crippen molar-refractivity contribution >= 4 is 38.9 Å². The van der Waals surface area contributed by atoms with Gasteiger partial charge in [0.05, 0.1) is 16.8 Å². The van der Waals surface area contributed by atoms with Gasteiger partial charge in [-0.1, -0.05) is 109 Å². The van der Waals surface area contributed by atoms with Crippen LogP contribution < -0.4 is 4.90 Å². The SMILES string of the molecule is c1ccc(N2c3ccccc3C(c3ccccc3)(c3ccc4[nH]c5ccccc5c4c3)c3ccccc32)cc1. The Morgan fingerprint density at radius 1 is 0.436 bits per heavy atom. The number of H-pyrrole nitrogens is 1. The largest absolute Gasteiger partial charge is 0.355 e. The smallest absolute Gasteiger partial charge is 0.0742 e. The van der Waals surface area contributed by atoms with Crippen LogP contribution in [0.1, 0.15) is 22.3 Å². The number of hydrogen-bond donors (Lipinski definition) is 1. The molecule has 1 aromatic heterocycles. The Morgan fingerprint density at radius 2 is 1.00 bits per heavy atom. The number of hydrogen-bond acceptors (Lipinski definition) is 1. The van der Waals surface area contributed by atoms with E-state index in [9.17, 15) is 0 Å². The third-order valence-electron chi connectivity index (χ3n) is 8.26. The Balaban J connectivity index is 1.53. The highest BCUT2D eigenvalue weighted by Crippen LogP contribution is 2.57. The van der Waals surface area contributed by atoms with Crippen LogP contribution in [0, 0.1) is 0 Å². The minimum absolute atomic E-state index is 0.494. The van der Waals surface area contributed by atoms with Crippen molar-refractivity contribution in [3.63, 3.8) is 0 Å². The van der Waals surface area contributed by atoms with E-state index in [0.717, 1.165) is 16.7 Å². The van der Waals surface area contributed by atoms with Crippen molar-refractivity contribution in [3.8, 4) is 0 Å². The molecule has 0 fully saturated rings. The summed E-state index contributed by atoms with van der Waals surface area (Å²) in [7, 11) is 0. The zero-order valence-corrected chi connectivity index (χ0v) is 21.4. The van der Waals surface area contributed by atoms with Crippen LogP contribution >= 0.6 is 0 Å². The van der Waals surface area contributed by atoms with E-state index in [2.05, 4.69) is 162 Å². The van der Waals surface area contributed by atoms with Gasteiger partial charge in [0.2, 0.25) is 0 Å². The molecule has 0 unspecified atom stereocenters. The van der Waals surface area contributed by atoms with Crippen molar-refractivity contribution in [3.05, 3.63) is 174 Å². The fourth-order valence-corrected chi connectivity index (χ4v) is 6.66. The van der Waals surface area contributed by atoms with Gasteiger partial charge in [0.1, 0.15) is 0 Å². The molecule has 8 rings (SSSR count). The van der Waals surface area contributed by atoms with E-state index < -0.39 is 5.41 Å². The lowest BCUT2D eigenvalue weighted by Gasteiger charge is -2.46.